The number of aromatic nitrogens is 1. The zero-order chi connectivity index (χ0) is 20.2. The fraction of sp³-hybridized carbons (Fsp3) is 0.0952. The molecule has 4 N–H and O–H groups in total. The van der Waals surface area contributed by atoms with E-state index in [0.717, 1.165) is 11.4 Å². The average Bonchev–Trinajstić information content (AvgIpc) is 2.72. The van der Waals surface area contributed by atoms with Crippen molar-refractivity contribution in [3.63, 3.8) is 0 Å². The molecule has 2 heterocycles. The molecular formula is C21H19N5O3. The molecule has 2 aromatic carbocycles. The van der Waals surface area contributed by atoms with Crippen molar-refractivity contribution in [1.82, 2.24) is 4.98 Å². The second-order valence-corrected chi connectivity index (χ2v) is 6.44. The van der Waals surface area contributed by atoms with E-state index in [1.165, 1.54) is 4.90 Å². The third-order valence-corrected chi connectivity index (χ3v) is 4.30. The number of carbonyl (C=O) groups excluding carboxylic acids is 2. The average molecular weight is 389 g/mol. The zero-order valence-electron chi connectivity index (χ0n) is 15.5. The lowest BCUT2D eigenvalue weighted by Crippen LogP contribution is -2.44. The molecular weight excluding hydrogens is 370 g/mol. The molecule has 1 aliphatic rings. The smallest absolute Gasteiger partial charge is 0.266 e. The van der Waals surface area contributed by atoms with Crippen molar-refractivity contribution in [3.8, 4) is 5.75 Å². The van der Waals surface area contributed by atoms with Crippen LogP contribution in [0.2, 0.25) is 0 Å². The molecule has 4 rings (SSSR count). The first kappa shape index (κ1) is 18.3. The minimum absolute atomic E-state index is 0.147. The molecule has 8 heteroatoms. The maximum atomic E-state index is 12.5. The van der Waals surface area contributed by atoms with Gasteiger partial charge < -0.3 is 21.1 Å². The number of rotatable bonds is 5. The molecule has 29 heavy (non-hydrogen) atoms. The Hall–Kier alpha value is -4.07. The van der Waals surface area contributed by atoms with Crippen molar-refractivity contribution in [2.75, 3.05) is 34.4 Å². The molecule has 0 saturated heterocycles. The van der Waals surface area contributed by atoms with E-state index in [9.17, 15) is 9.59 Å². The van der Waals surface area contributed by atoms with Gasteiger partial charge in [0.2, 0.25) is 5.91 Å². The number of amides is 2. The number of nitrogens with zero attached hydrogens (tertiary/aromatic N) is 2. The Bertz CT molecular complexity index is 1040. The molecule has 0 radical (unpaired) electrons. The number of hydrogen-bond acceptors (Lipinski definition) is 6. The molecule has 1 aromatic heterocycles. The summed E-state index contributed by atoms with van der Waals surface area (Å²) in [6, 6.07) is 20.3. The van der Waals surface area contributed by atoms with E-state index in [1.54, 1.807) is 24.3 Å². The van der Waals surface area contributed by atoms with Crippen LogP contribution in [-0.2, 0) is 9.59 Å². The van der Waals surface area contributed by atoms with Crippen molar-refractivity contribution in [2.24, 2.45) is 0 Å². The number of para-hydroxylation sites is 1. The Balaban J connectivity index is 1.41. The fourth-order valence-corrected chi connectivity index (χ4v) is 2.92. The molecule has 0 unspecified atom stereocenters. The fourth-order valence-electron chi connectivity index (χ4n) is 2.92. The molecule has 0 aliphatic carbocycles. The molecule has 2 amide bonds. The largest absolute Gasteiger partial charge is 0.480 e. The van der Waals surface area contributed by atoms with E-state index < -0.39 is 0 Å². The number of benzene rings is 2. The minimum atomic E-state index is -0.354. The van der Waals surface area contributed by atoms with Crippen LogP contribution in [0.3, 0.4) is 0 Å². The van der Waals surface area contributed by atoms with Gasteiger partial charge >= 0.3 is 0 Å². The van der Waals surface area contributed by atoms with Crippen LogP contribution in [0, 0.1) is 0 Å². The van der Waals surface area contributed by atoms with Crippen molar-refractivity contribution in [3.05, 3.63) is 66.7 Å². The standard InChI is InChI=1S/C21H19N5O3/c22-18-11-10-17-21(25-18)26(20(28)13-29-17)12-19(27)24-16-8-6-15(7-9-16)23-14-4-2-1-3-5-14/h1-11,23H,12-13H2,(H2,22,25)(H,24,27). The summed E-state index contributed by atoms with van der Waals surface area (Å²) in [5.41, 5.74) is 8.19. The number of pyridine rings is 1. The predicted molar refractivity (Wildman–Crippen MR) is 111 cm³/mol. The van der Waals surface area contributed by atoms with Gasteiger partial charge in [-0.3, -0.25) is 14.5 Å². The molecule has 0 atom stereocenters. The Morgan fingerprint density at radius 1 is 1.00 bits per heavy atom. The highest BCUT2D eigenvalue weighted by Crippen LogP contribution is 2.30. The summed E-state index contributed by atoms with van der Waals surface area (Å²) in [5.74, 6) is 0.211. The Kier molecular flexibility index (Phi) is 4.98. The van der Waals surface area contributed by atoms with Gasteiger partial charge in [0.25, 0.3) is 5.91 Å². The van der Waals surface area contributed by atoms with Crippen LogP contribution in [0.5, 0.6) is 5.75 Å². The van der Waals surface area contributed by atoms with Gasteiger partial charge in [0.15, 0.2) is 18.2 Å². The van der Waals surface area contributed by atoms with E-state index in [1.807, 2.05) is 42.5 Å². The van der Waals surface area contributed by atoms with Crippen molar-refractivity contribution in [1.29, 1.82) is 0 Å². The first-order chi connectivity index (χ1) is 14.1. The number of anilines is 5. The number of fused-ring (bicyclic) bond motifs is 1. The molecule has 8 nitrogen and oxygen atoms in total. The number of nitrogen functional groups attached to an aromatic ring is 1. The predicted octanol–water partition coefficient (Wildman–Crippen LogP) is 2.77. The number of nitrogens with one attached hydrogen (secondary N) is 2. The molecule has 146 valence electrons. The normalized spacial score (nSPS) is 12.7. The summed E-state index contributed by atoms with van der Waals surface area (Å²) in [7, 11) is 0. The minimum Gasteiger partial charge on any atom is -0.480 e. The van der Waals surface area contributed by atoms with E-state index in [4.69, 9.17) is 10.5 Å². The number of nitrogens with two attached hydrogens (primary N) is 1. The van der Waals surface area contributed by atoms with Crippen LogP contribution in [0.25, 0.3) is 0 Å². The zero-order valence-corrected chi connectivity index (χ0v) is 15.5. The molecule has 0 fully saturated rings. The molecule has 0 saturated carbocycles. The van der Waals surface area contributed by atoms with Gasteiger partial charge in [-0.15, -0.1) is 0 Å². The summed E-state index contributed by atoms with van der Waals surface area (Å²) in [5, 5.41) is 6.06. The highest BCUT2D eigenvalue weighted by Gasteiger charge is 2.28. The Morgan fingerprint density at radius 3 is 2.45 bits per heavy atom. The SMILES string of the molecule is Nc1ccc2c(n1)N(CC(=O)Nc1ccc(Nc3ccccc3)cc1)C(=O)CO2. The second kappa shape index (κ2) is 7.89. The van der Waals surface area contributed by atoms with Crippen molar-refractivity contribution < 1.29 is 14.3 Å². The molecule has 3 aromatic rings. The van der Waals surface area contributed by atoms with Crippen molar-refractivity contribution in [2.45, 2.75) is 0 Å². The first-order valence-corrected chi connectivity index (χ1v) is 9.00. The van der Waals surface area contributed by atoms with Crippen LogP contribution in [-0.4, -0.2) is 29.9 Å². The quantitative estimate of drug-likeness (QED) is 0.619. The Labute approximate surface area is 167 Å². The van der Waals surface area contributed by atoms with Gasteiger partial charge in [-0.25, -0.2) is 4.98 Å². The maximum Gasteiger partial charge on any atom is 0.266 e. The van der Waals surface area contributed by atoms with E-state index >= 15 is 0 Å². The lowest BCUT2D eigenvalue weighted by atomic mass is 10.2. The Morgan fingerprint density at radius 2 is 1.69 bits per heavy atom. The number of carbonyl (C=O) groups is 2. The van der Waals surface area contributed by atoms with Crippen LogP contribution < -0.4 is 26.0 Å². The third-order valence-electron chi connectivity index (χ3n) is 4.30. The summed E-state index contributed by atoms with van der Waals surface area (Å²) in [6.07, 6.45) is 0. The van der Waals surface area contributed by atoms with Gasteiger partial charge in [-0.2, -0.15) is 0 Å². The van der Waals surface area contributed by atoms with Gasteiger partial charge in [0.1, 0.15) is 12.4 Å². The van der Waals surface area contributed by atoms with Crippen LogP contribution >= 0.6 is 0 Å². The lowest BCUT2D eigenvalue weighted by Gasteiger charge is -2.27. The van der Waals surface area contributed by atoms with Crippen LogP contribution in [0.4, 0.5) is 28.7 Å². The van der Waals surface area contributed by atoms with E-state index in [-0.39, 0.29) is 36.6 Å². The van der Waals surface area contributed by atoms with Gasteiger partial charge in [0.05, 0.1) is 0 Å². The summed E-state index contributed by atoms with van der Waals surface area (Å²) >= 11 is 0. The second-order valence-electron chi connectivity index (χ2n) is 6.44. The van der Waals surface area contributed by atoms with E-state index in [2.05, 4.69) is 15.6 Å². The molecule has 1 aliphatic heterocycles. The maximum absolute atomic E-state index is 12.5. The van der Waals surface area contributed by atoms with Crippen LogP contribution in [0.15, 0.2) is 66.7 Å². The lowest BCUT2D eigenvalue weighted by molar-refractivity contribution is -0.123. The third kappa shape index (κ3) is 4.27. The number of ether oxygens (including phenoxy) is 1. The highest BCUT2D eigenvalue weighted by atomic mass is 16.5. The van der Waals surface area contributed by atoms with Gasteiger partial charge in [0, 0.05) is 17.1 Å². The van der Waals surface area contributed by atoms with E-state index in [0.29, 0.717) is 11.4 Å². The highest BCUT2D eigenvalue weighted by molar-refractivity contribution is 6.04. The first-order valence-electron chi connectivity index (χ1n) is 9.00. The van der Waals surface area contributed by atoms with Crippen LogP contribution in [0.1, 0.15) is 0 Å². The van der Waals surface area contributed by atoms with Gasteiger partial charge in [-0.1, -0.05) is 18.2 Å². The van der Waals surface area contributed by atoms with Gasteiger partial charge in [-0.05, 0) is 48.5 Å². The van der Waals surface area contributed by atoms with Crippen molar-refractivity contribution >= 4 is 40.5 Å². The topological polar surface area (TPSA) is 110 Å². The summed E-state index contributed by atoms with van der Waals surface area (Å²) < 4.78 is 5.33. The molecule has 0 bridgehead atoms. The molecule has 0 spiro atoms. The summed E-state index contributed by atoms with van der Waals surface area (Å²) in [4.78, 5) is 30.1. The monoisotopic (exact) mass is 389 g/mol. The number of hydrogen-bond donors (Lipinski definition) is 3. The summed E-state index contributed by atoms with van der Waals surface area (Å²) in [6.45, 7) is -0.332.